The molecular formula is C22H28N2OS. The number of carbonyl (C=O) groups is 1. The van der Waals surface area contributed by atoms with E-state index in [9.17, 15) is 4.79 Å². The Kier molecular flexibility index (Phi) is 5.21. The van der Waals surface area contributed by atoms with Crippen molar-refractivity contribution in [2.45, 2.75) is 76.4 Å². The van der Waals surface area contributed by atoms with Crippen LogP contribution in [0, 0.1) is 13.8 Å². The Morgan fingerprint density at radius 2 is 1.85 bits per heavy atom. The summed E-state index contributed by atoms with van der Waals surface area (Å²) in [6.07, 6.45) is 9.89. The summed E-state index contributed by atoms with van der Waals surface area (Å²) in [6, 6.07) is 6.89. The topological polar surface area (TPSA) is 34.9 Å². The van der Waals surface area contributed by atoms with Crippen LogP contribution < -0.4 is 0 Å². The van der Waals surface area contributed by atoms with Gasteiger partial charge in [-0.1, -0.05) is 36.7 Å². The van der Waals surface area contributed by atoms with E-state index >= 15 is 0 Å². The second-order valence-corrected chi connectivity index (χ2v) is 8.72. The molecule has 4 heteroatoms. The van der Waals surface area contributed by atoms with E-state index in [1.807, 2.05) is 6.07 Å². The first-order valence-electron chi connectivity index (χ1n) is 9.96. The largest absolute Gasteiger partial charge is 0.320 e. The first-order chi connectivity index (χ1) is 12.6. The summed E-state index contributed by atoms with van der Waals surface area (Å²) in [5, 5.41) is 1.03. The zero-order chi connectivity index (χ0) is 18.1. The zero-order valence-electron chi connectivity index (χ0n) is 15.9. The predicted octanol–water partition coefficient (Wildman–Crippen LogP) is 5.47. The van der Waals surface area contributed by atoms with E-state index in [2.05, 4.69) is 30.5 Å². The summed E-state index contributed by atoms with van der Waals surface area (Å²) in [4.78, 5) is 17.5. The number of carbonyl (C=O) groups excluding carboxylic acids is 1. The first kappa shape index (κ1) is 17.8. The summed E-state index contributed by atoms with van der Waals surface area (Å²) in [7, 11) is 0. The molecular weight excluding hydrogens is 340 g/mol. The van der Waals surface area contributed by atoms with Crippen molar-refractivity contribution in [3.8, 4) is 0 Å². The Labute approximate surface area is 160 Å². The van der Waals surface area contributed by atoms with Gasteiger partial charge in [-0.2, -0.15) is 0 Å². The minimum Gasteiger partial charge on any atom is -0.320 e. The van der Waals surface area contributed by atoms with Crippen LogP contribution in [-0.2, 0) is 12.8 Å². The summed E-state index contributed by atoms with van der Waals surface area (Å²) >= 11 is 1.61. The third kappa shape index (κ3) is 3.48. The second-order valence-electron chi connectivity index (χ2n) is 7.78. The number of nitrogens with zero attached hydrogens (tertiary/aromatic N) is 2. The minimum atomic E-state index is 0.222. The van der Waals surface area contributed by atoms with Crippen LogP contribution >= 0.6 is 11.8 Å². The highest BCUT2D eigenvalue weighted by molar-refractivity contribution is 7.99. The molecule has 0 unspecified atom stereocenters. The van der Waals surface area contributed by atoms with Gasteiger partial charge in [0, 0.05) is 17.3 Å². The molecule has 0 N–H and O–H groups in total. The summed E-state index contributed by atoms with van der Waals surface area (Å²) in [5.41, 5.74) is 6.04. The molecule has 0 aliphatic heterocycles. The highest BCUT2D eigenvalue weighted by Gasteiger charge is 2.23. The molecule has 4 rings (SSSR count). The van der Waals surface area contributed by atoms with Crippen LogP contribution in [0.2, 0.25) is 0 Å². The summed E-state index contributed by atoms with van der Waals surface area (Å²) in [6.45, 7) is 4.24. The molecule has 138 valence electrons. The molecule has 26 heavy (non-hydrogen) atoms. The van der Waals surface area contributed by atoms with E-state index in [4.69, 9.17) is 4.98 Å². The number of benzene rings is 1. The van der Waals surface area contributed by atoms with Gasteiger partial charge in [0.05, 0.1) is 11.4 Å². The van der Waals surface area contributed by atoms with Crippen LogP contribution in [0.1, 0.15) is 77.4 Å². The van der Waals surface area contributed by atoms with Crippen LogP contribution in [0.25, 0.3) is 0 Å². The van der Waals surface area contributed by atoms with Gasteiger partial charge in [-0.25, -0.2) is 4.98 Å². The van der Waals surface area contributed by atoms with Crippen molar-refractivity contribution in [3.63, 3.8) is 0 Å². The standard InChI is InChI=1S/C22H28N2OS/c1-15-16(2)24(20-9-5-6-10-20)22(23-15)26-14-21(25)19-12-11-17-7-3-4-8-18(17)13-19/h11-13,20H,3-10,14H2,1-2H3. The van der Waals surface area contributed by atoms with Crippen LogP contribution in [-0.4, -0.2) is 21.1 Å². The number of hydrogen-bond acceptors (Lipinski definition) is 3. The van der Waals surface area contributed by atoms with Crippen molar-refractivity contribution in [2.75, 3.05) is 5.75 Å². The fraction of sp³-hybridized carbons (Fsp3) is 0.545. The molecule has 1 aromatic carbocycles. The molecule has 0 atom stereocenters. The van der Waals surface area contributed by atoms with Crippen molar-refractivity contribution >= 4 is 17.5 Å². The third-order valence-corrected chi connectivity index (χ3v) is 7.00. The van der Waals surface area contributed by atoms with E-state index in [1.54, 1.807) is 11.8 Å². The van der Waals surface area contributed by atoms with Crippen molar-refractivity contribution in [2.24, 2.45) is 0 Å². The van der Waals surface area contributed by atoms with Gasteiger partial charge in [0.15, 0.2) is 10.9 Å². The monoisotopic (exact) mass is 368 g/mol. The number of hydrogen-bond donors (Lipinski definition) is 0. The molecule has 0 radical (unpaired) electrons. The molecule has 1 heterocycles. The SMILES string of the molecule is Cc1nc(SCC(=O)c2ccc3c(c2)CCCC3)n(C2CCCC2)c1C. The number of ketones is 1. The smallest absolute Gasteiger partial charge is 0.173 e. The summed E-state index contributed by atoms with van der Waals surface area (Å²) < 4.78 is 2.40. The normalized spacial score (nSPS) is 17.5. The molecule has 0 saturated heterocycles. The lowest BCUT2D eigenvalue weighted by molar-refractivity contribution is 0.102. The molecule has 3 nitrogen and oxygen atoms in total. The highest BCUT2D eigenvalue weighted by Crippen LogP contribution is 2.35. The fourth-order valence-corrected chi connectivity index (χ4v) is 5.46. The number of aryl methyl sites for hydroxylation is 3. The van der Waals surface area contributed by atoms with Crippen molar-refractivity contribution < 1.29 is 4.79 Å². The molecule has 2 aromatic rings. The van der Waals surface area contributed by atoms with Gasteiger partial charge in [-0.05, 0) is 69.6 Å². The van der Waals surface area contributed by atoms with Crippen molar-refractivity contribution in [1.29, 1.82) is 0 Å². The molecule has 1 fully saturated rings. The Hall–Kier alpha value is -1.55. The first-order valence-corrected chi connectivity index (χ1v) is 11.0. The molecule has 2 aliphatic rings. The Morgan fingerprint density at radius 1 is 1.12 bits per heavy atom. The highest BCUT2D eigenvalue weighted by atomic mass is 32.2. The average molecular weight is 369 g/mol. The minimum absolute atomic E-state index is 0.222. The van der Waals surface area contributed by atoms with E-state index in [0.717, 1.165) is 29.3 Å². The quantitative estimate of drug-likeness (QED) is 0.518. The Morgan fingerprint density at radius 3 is 2.62 bits per heavy atom. The molecule has 2 aliphatic carbocycles. The van der Waals surface area contributed by atoms with E-state index in [1.165, 1.54) is 55.3 Å². The van der Waals surface area contributed by atoms with Crippen LogP contribution in [0.3, 0.4) is 0 Å². The number of imidazole rings is 1. The van der Waals surface area contributed by atoms with Crippen molar-refractivity contribution in [1.82, 2.24) is 9.55 Å². The zero-order valence-corrected chi connectivity index (χ0v) is 16.7. The molecule has 1 aromatic heterocycles. The van der Waals surface area contributed by atoms with Gasteiger partial charge in [0.1, 0.15) is 0 Å². The lowest BCUT2D eigenvalue weighted by Crippen LogP contribution is -2.11. The number of thioether (sulfide) groups is 1. The van der Waals surface area contributed by atoms with Crippen LogP contribution in [0.5, 0.6) is 0 Å². The maximum Gasteiger partial charge on any atom is 0.173 e. The number of rotatable bonds is 5. The van der Waals surface area contributed by atoms with Crippen LogP contribution in [0.15, 0.2) is 23.4 Å². The maximum atomic E-state index is 12.8. The van der Waals surface area contributed by atoms with Gasteiger partial charge in [0.2, 0.25) is 0 Å². The van der Waals surface area contributed by atoms with Gasteiger partial charge in [-0.15, -0.1) is 0 Å². The molecule has 0 spiro atoms. The Balaban J connectivity index is 1.49. The average Bonchev–Trinajstić information content (AvgIpc) is 3.28. The fourth-order valence-electron chi connectivity index (χ4n) is 4.41. The van der Waals surface area contributed by atoms with Gasteiger partial charge in [0.25, 0.3) is 0 Å². The molecule has 0 bridgehead atoms. The van der Waals surface area contributed by atoms with Gasteiger partial charge < -0.3 is 4.57 Å². The predicted molar refractivity (Wildman–Crippen MR) is 107 cm³/mol. The molecule has 1 saturated carbocycles. The lowest BCUT2D eigenvalue weighted by atomic mass is 9.90. The number of Topliss-reactive ketones (excluding diaryl/α,β-unsaturated/α-hetero) is 1. The number of aromatic nitrogens is 2. The third-order valence-electron chi connectivity index (χ3n) is 6.05. The van der Waals surface area contributed by atoms with E-state index in [0.29, 0.717) is 11.8 Å². The van der Waals surface area contributed by atoms with E-state index in [-0.39, 0.29) is 5.78 Å². The summed E-state index contributed by atoms with van der Waals surface area (Å²) in [5.74, 6) is 0.696. The second kappa shape index (κ2) is 7.59. The Bertz CT molecular complexity index is 818. The van der Waals surface area contributed by atoms with Crippen LogP contribution in [0.4, 0.5) is 0 Å². The lowest BCUT2D eigenvalue weighted by Gasteiger charge is -2.17. The van der Waals surface area contributed by atoms with Gasteiger partial charge >= 0.3 is 0 Å². The molecule has 0 amide bonds. The van der Waals surface area contributed by atoms with Gasteiger partial charge in [-0.3, -0.25) is 4.79 Å². The maximum absolute atomic E-state index is 12.8. The number of fused-ring (bicyclic) bond motifs is 1. The van der Waals surface area contributed by atoms with Crippen molar-refractivity contribution in [3.05, 3.63) is 46.3 Å². The van der Waals surface area contributed by atoms with E-state index < -0.39 is 0 Å².